The van der Waals surface area contributed by atoms with Crippen LogP contribution in [0.25, 0.3) is 0 Å². The summed E-state index contributed by atoms with van der Waals surface area (Å²) < 4.78 is 5.86. The second-order valence-corrected chi connectivity index (χ2v) is 5.17. The van der Waals surface area contributed by atoms with E-state index in [9.17, 15) is 9.59 Å². The normalized spacial score (nSPS) is 11.9. The van der Waals surface area contributed by atoms with Gasteiger partial charge in [0.2, 0.25) is 5.91 Å². The molecule has 1 aromatic carbocycles. The molecule has 5 nitrogen and oxygen atoms in total. The fraction of sp³-hybridized carbons (Fsp3) is 0.143. The minimum absolute atomic E-state index is 0.161. The molecule has 2 aromatic rings. The van der Waals surface area contributed by atoms with Gasteiger partial charge >= 0.3 is 0 Å². The van der Waals surface area contributed by atoms with Crippen LogP contribution in [0.15, 0.2) is 51.6 Å². The molecule has 0 spiro atoms. The van der Waals surface area contributed by atoms with E-state index in [1.54, 1.807) is 24.3 Å². The molecule has 0 aliphatic rings. The average Bonchev–Trinajstić information content (AvgIpc) is 2.91. The van der Waals surface area contributed by atoms with Crippen molar-refractivity contribution in [3.8, 4) is 0 Å². The van der Waals surface area contributed by atoms with Gasteiger partial charge in [-0.05, 0) is 29.8 Å². The maximum Gasteiger partial charge on any atom is 0.290 e. The van der Waals surface area contributed by atoms with E-state index in [0.29, 0.717) is 5.56 Å². The Labute approximate surface area is 124 Å². The maximum atomic E-state index is 12.2. The highest BCUT2D eigenvalue weighted by Gasteiger charge is 2.28. The zero-order chi connectivity index (χ0) is 14.7. The molecule has 104 valence electrons. The van der Waals surface area contributed by atoms with Crippen LogP contribution < -0.4 is 5.73 Å². The van der Waals surface area contributed by atoms with Gasteiger partial charge in [-0.1, -0.05) is 28.1 Å². The number of amides is 2. The highest BCUT2D eigenvalue weighted by Crippen LogP contribution is 2.24. The van der Waals surface area contributed by atoms with Crippen molar-refractivity contribution in [3.05, 3.63) is 58.5 Å². The van der Waals surface area contributed by atoms with E-state index in [1.807, 2.05) is 6.07 Å². The van der Waals surface area contributed by atoms with Crippen molar-refractivity contribution in [2.75, 3.05) is 7.05 Å². The highest BCUT2D eigenvalue weighted by molar-refractivity contribution is 9.10. The Morgan fingerprint density at radius 1 is 1.30 bits per heavy atom. The Morgan fingerprint density at radius 3 is 2.60 bits per heavy atom. The minimum atomic E-state index is -0.856. The van der Waals surface area contributed by atoms with Crippen molar-refractivity contribution < 1.29 is 14.0 Å². The van der Waals surface area contributed by atoms with Gasteiger partial charge in [0.25, 0.3) is 5.91 Å². The van der Waals surface area contributed by atoms with E-state index in [0.717, 1.165) is 4.47 Å². The first-order valence-electron chi connectivity index (χ1n) is 5.86. The summed E-state index contributed by atoms with van der Waals surface area (Å²) in [7, 11) is 1.52. The zero-order valence-corrected chi connectivity index (χ0v) is 12.3. The van der Waals surface area contributed by atoms with Crippen LogP contribution in [0, 0.1) is 0 Å². The molecule has 0 radical (unpaired) electrons. The summed E-state index contributed by atoms with van der Waals surface area (Å²) >= 11 is 3.33. The summed E-state index contributed by atoms with van der Waals surface area (Å²) in [5, 5.41) is 0. The molecular formula is C14H13BrN2O3. The van der Waals surface area contributed by atoms with Crippen LogP contribution in [0.2, 0.25) is 0 Å². The molecule has 20 heavy (non-hydrogen) atoms. The molecule has 1 aromatic heterocycles. The molecule has 0 unspecified atom stereocenters. The van der Waals surface area contributed by atoms with Gasteiger partial charge in [0.1, 0.15) is 6.04 Å². The fourth-order valence-corrected chi connectivity index (χ4v) is 2.36. The molecule has 0 fully saturated rings. The lowest BCUT2D eigenvalue weighted by atomic mass is 10.0. The smallest absolute Gasteiger partial charge is 0.290 e. The third kappa shape index (κ3) is 2.91. The van der Waals surface area contributed by atoms with Gasteiger partial charge in [0, 0.05) is 11.5 Å². The van der Waals surface area contributed by atoms with E-state index < -0.39 is 17.9 Å². The molecule has 2 rings (SSSR count). The number of likely N-dealkylation sites (N-methyl/N-ethyl adjacent to an activating group) is 1. The lowest BCUT2D eigenvalue weighted by molar-refractivity contribution is -0.122. The first kappa shape index (κ1) is 14.3. The lowest BCUT2D eigenvalue weighted by Crippen LogP contribution is -2.39. The summed E-state index contributed by atoms with van der Waals surface area (Å²) in [6, 6.07) is 9.39. The number of halogens is 1. The Balaban J connectivity index is 2.34. The monoisotopic (exact) mass is 336 g/mol. The summed E-state index contributed by atoms with van der Waals surface area (Å²) in [6.07, 6.45) is 1.40. The van der Waals surface area contributed by atoms with Crippen molar-refractivity contribution in [1.82, 2.24) is 4.90 Å². The number of benzene rings is 1. The molecule has 0 aliphatic carbocycles. The van der Waals surface area contributed by atoms with Crippen LogP contribution in [-0.2, 0) is 4.79 Å². The number of hydrogen-bond donors (Lipinski definition) is 1. The van der Waals surface area contributed by atoms with Gasteiger partial charge in [0.15, 0.2) is 5.76 Å². The van der Waals surface area contributed by atoms with Crippen molar-refractivity contribution in [2.45, 2.75) is 6.04 Å². The van der Waals surface area contributed by atoms with Crippen LogP contribution in [-0.4, -0.2) is 23.8 Å². The molecule has 0 saturated heterocycles. The van der Waals surface area contributed by atoms with Crippen molar-refractivity contribution in [2.24, 2.45) is 5.73 Å². The highest BCUT2D eigenvalue weighted by atomic mass is 79.9. The largest absolute Gasteiger partial charge is 0.459 e. The van der Waals surface area contributed by atoms with Crippen LogP contribution in [0.3, 0.4) is 0 Å². The van der Waals surface area contributed by atoms with E-state index in [2.05, 4.69) is 15.9 Å². The van der Waals surface area contributed by atoms with E-state index >= 15 is 0 Å². The predicted octanol–water partition coefficient (Wildman–Crippen LogP) is 2.34. The number of furan rings is 1. The Kier molecular flexibility index (Phi) is 4.24. The number of hydrogen-bond acceptors (Lipinski definition) is 3. The molecule has 0 aliphatic heterocycles. The van der Waals surface area contributed by atoms with Crippen LogP contribution >= 0.6 is 15.9 Å². The average molecular weight is 337 g/mol. The molecule has 1 heterocycles. The predicted molar refractivity (Wildman–Crippen MR) is 76.9 cm³/mol. The van der Waals surface area contributed by atoms with Gasteiger partial charge in [-0.15, -0.1) is 0 Å². The van der Waals surface area contributed by atoms with E-state index in [-0.39, 0.29) is 5.76 Å². The van der Waals surface area contributed by atoms with Crippen molar-refractivity contribution in [3.63, 3.8) is 0 Å². The van der Waals surface area contributed by atoms with Crippen molar-refractivity contribution in [1.29, 1.82) is 0 Å². The summed E-state index contributed by atoms with van der Waals surface area (Å²) in [5.41, 5.74) is 6.07. The third-order valence-electron chi connectivity index (χ3n) is 2.87. The van der Waals surface area contributed by atoms with Crippen molar-refractivity contribution >= 4 is 27.7 Å². The third-order valence-corrected chi connectivity index (χ3v) is 3.37. The quantitative estimate of drug-likeness (QED) is 0.930. The molecular weight excluding hydrogens is 324 g/mol. The fourth-order valence-electron chi connectivity index (χ4n) is 1.95. The number of carbonyl (C=O) groups excluding carboxylic acids is 2. The van der Waals surface area contributed by atoms with Gasteiger partial charge in [-0.25, -0.2) is 0 Å². The zero-order valence-electron chi connectivity index (χ0n) is 10.7. The molecule has 2 N–H and O–H groups in total. The van der Waals surface area contributed by atoms with Crippen LogP contribution in [0.5, 0.6) is 0 Å². The number of nitrogens with two attached hydrogens (primary N) is 1. The number of carbonyl (C=O) groups is 2. The minimum Gasteiger partial charge on any atom is -0.459 e. The maximum absolute atomic E-state index is 12.2. The standard InChI is InChI=1S/C14H13BrN2O3/c1-17(14(19)11-6-3-7-20-11)12(13(16)18)9-4-2-5-10(15)8-9/h2-8,12H,1H3,(H2,16,18)/t12-/m0/s1. The first-order chi connectivity index (χ1) is 9.50. The summed E-state index contributed by atoms with van der Waals surface area (Å²) in [6.45, 7) is 0. The Morgan fingerprint density at radius 2 is 2.05 bits per heavy atom. The topological polar surface area (TPSA) is 76.5 Å². The molecule has 6 heteroatoms. The van der Waals surface area contributed by atoms with Gasteiger partial charge in [-0.2, -0.15) is 0 Å². The molecule has 2 amide bonds. The Hall–Kier alpha value is -2.08. The first-order valence-corrected chi connectivity index (χ1v) is 6.65. The SMILES string of the molecule is CN(C(=O)c1ccco1)[C@H](C(N)=O)c1cccc(Br)c1. The van der Waals surface area contributed by atoms with E-state index in [4.69, 9.17) is 10.2 Å². The summed E-state index contributed by atoms with van der Waals surface area (Å²) in [5.74, 6) is -0.849. The van der Waals surface area contributed by atoms with Gasteiger partial charge < -0.3 is 15.1 Å². The lowest BCUT2D eigenvalue weighted by Gasteiger charge is -2.25. The van der Waals surface area contributed by atoms with Gasteiger partial charge in [0.05, 0.1) is 6.26 Å². The van der Waals surface area contributed by atoms with Crippen LogP contribution in [0.4, 0.5) is 0 Å². The second kappa shape index (κ2) is 5.92. The second-order valence-electron chi connectivity index (χ2n) is 4.25. The number of primary amides is 1. The van der Waals surface area contributed by atoms with Crippen LogP contribution in [0.1, 0.15) is 22.2 Å². The number of nitrogens with zero attached hydrogens (tertiary/aromatic N) is 1. The van der Waals surface area contributed by atoms with Gasteiger partial charge in [-0.3, -0.25) is 9.59 Å². The Bertz CT molecular complexity index is 625. The molecule has 0 saturated carbocycles. The summed E-state index contributed by atoms with van der Waals surface area (Å²) in [4.78, 5) is 25.2. The number of rotatable bonds is 4. The molecule has 0 bridgehead atoms. The molecule has 1 atom stereocenters. The van der Waals surface area contributed by atoms with E-state index in [1.165, 1.54) is 24.3 Å².